The van der Waals surface area contributed by atoms with Gasteiger partial charge in [-0.05, 0) is 26.3 Å². The Balaban J connectivity index is 1.85. The van der Waals surface area contributed by atoms with Crippen LogP contribution in [0, 0.1) is 5.92 Å². The molecule has 1 heterocycles. The zero-order valence-corrected chi connectivity index (χ0v) is 11.7. The lowest BCUT2D eigenvalue weighted by molar-refractivity contribution is -0.0314. The molecule has 1 aliphatic rings. The van der Waals surface area contributed by atoms with Crippen LogP contribution in [0.4, 0.5) is 4.79 Å². The van der Waals surface area contributed by atoms with Crippen LogP contribution in [-0.4, -0.2) is 34.8 Å². The Kier molecular flexibility index (Phi) is 3.80. The number of benzene rings is 1. The molecule has 0 aromatic heterocycles. The molecule has 1 aromatic carbocycles. The van der Waals surface area contributed by atoms with Gasteiger partial charge < -0.3 is 14.7 Å². The summed E-state index contributed by atoms with van der Waals surface area (Å²) >= 11 is 0. The van der Waals surface area contributed by atoms with Crippen molar-refractivity contribution in [1.82, 2.24) is 4.90 Å². The summed E-state index contributed by atoms with van der Waals surface area (Å²) in [5.41, 5.74) is 0.427. The summed E-state index contributed by atoms with van der Waals surface area (Å²) < 4.78 is 5.28. The molecule has 4 nitrogen and oxygen atoms in total. The van der Waals surface area contributed by atoms with Gasteiger partial charge in [0.2, 0.25) is 0 Å². The number of rotatable bonds is 2. The highest BCUT2D eigenvalue weighted by atomic mass is 16.6. The van der Waals surface area contributed by atoms with E-state index < -0.39 is 11.7 Å². The second kappa shape index (κ2) is 5.21. The van der Waals surface area contributed by atoms with Gasteiger partial charge in [-0.15, -0.1) is 0 Å². The van der Waals surface area contributed by atoms with Gasteiger partial charge >= 0.3 is 6.09 Å². The molecule has 2 rings (SSSR count). The highest BCUT2D eigenvalue weighted by molar-refractivity contribution is 5.69. The van der Waals surface area contributed by atoms with E-state index in [0.717, 1.165) is 5.56 Å². The van der Waals surface area contributed by atoms with Crippen molar-refractivity contribution >= 4 is 6.09 Å². The van der Waals surface area contributed by atoms with Crippen LogP contribution in [0.2, 0.25) is 0 Å². The van der Waals surface area contributed by atoms with E-state index in [1.54, 1.807) is 4.90 Å². The van der Waals surface area contributed by atoms with Gasteiger partial charge in [-0.2, -0.15) is 0 Å². The average molecular weight is 263 g/mol. The minimum atomic E-state index is -0.514. The summed E-state index contributed by atoms with van der Waals surface area (Å²) in [6.45, 7) is 6.64. The van der Waals surface area contributed by atoms with Crippen LogP contribution in [0.3, 0.4) is 0 Å². The summed E-state index contributed by atoms with van der Waals surface area (Å²) in [6, 6.07) is 9.54. The van der Waals surface area contributed by atoms with Crippen molar-refractivity contribution in [2.24, 2.45) is 5.92 Å². The van der Waals surface area contributed by atoms with Crippen molar-refractivity contribution in [1.29, 1.82) is 0 Å². The first-order chi connectivity index (χ1) is 8.87. The highest BCUT2D eigenvalue weighted by Crippen LogP contribution is 2.30. The van der Waals surface area contributed by atoms with Crippen molar-refractivity contribution in [3.63, 3.8) is 0 Å². The lowest BCUT2D eigenvalue weighted by Gasteiger charge is -2.42. The zero-order chi connectivity index (χ0) is 14.0. The molecule has 1 N–H and O–H groups in total. The molecule has 0 unspecified atom stereocenters. The largest absolute Gasteiger partial charge is 0.444 e. The Labute approximate surface area is 114 Å². The maximum Gasteiger partial charge on any atom is 0.410 e. The minimum absolute atomic E-state index is 0.0925. The third-order valence-electron chi connectivity index (χ3n) is 3.15. The van der Waals surface area contributed by atoms with Gasteiger partial charge in [0.1, 0.15) is 5.60 Å². The second-order valence-corrected chi connectivity index (χ2v) is 6.00. The Hall–Kier alpha value is -1.55. The van der Waals surface area contributed by atoms with Crippen LogP contribution >= 0.6 is 0 Å². The normalized spacial score (nSPS) is 17.8. The lowest BCUT2D eigenvalue weighted by Crippen LogP contribution is -2.53. The van der Waals surface area contributed by atoms with Crippen molar-refractivity contribution in [2.45, 2.75) is 32.5 Å². The molecule has 1 atom stereocenters. The summed E-state index contributed by atoms with van der Waals surface area (Å²) in [5, 5.41) is 10.2. The SMILES string of the molecule is CC(C)(C)OC(=O)N1CC([C@@H](O)c2ccccc2)C1. The summed E-state index contributed by atoms with van der Waals surface area (Å²) in [6.07, 6.45) is -0.816. The fraction of sp³-hybridized carbons (Fsp3) is 0.533. The predicted molar refractivity (Wildman–Crippen MR) is 72.7 cm³/mol. The fourth-order valence-electron chi connectivity index (χ4n) is 2.11. The van der Waals surface area contributed by atoms with Gasteiger partial charge in [-0.3, -0.25) is 0 Å². The number of amides is 1. The van der Waals surface area contributed by atoms with Crippen molar-refractivity contribution < 1.29 is 14.6 Å². The Morgan fingerprint density at radius 3 is 2.42 bits per heavy atom. The van der Waals surface area contributed by atoms with Gasteiger partial charge in [-0.25, -0.2) is 4.79 Å². The van der Waals surface area contributed by atoms with Crippen molar-refractivity contribution in [2.75, 3.05) is 13.1 Å². The summed E-state index contributed by atoms with van der Waals surface area (Å²) in [4.78, 5) is 13.4. The Morgan fingerprint density at radius 1 is 1.32 bits per heavy atom. The van der Waals surface area contributed by atoms with Crippen molar-refractivity contribution in [3.05, 3.63) is 35.9 Å². The summed E-state index contributed by atoms with van der Waals surface area (Å²) in [7, 11) is 0. The molecule has 4 heteroatoms. The van der Waals surface area contributed by atoms with Crippen LogP contribution in [0.1, 0.15) is 32.4 Å². The van der Waals surface area contributed by atoms with Crippen LogP contribution in [0.5, 0.6) is 0 Å². The Morgan fingerprint density at radius 2 is 1.89 bits per heavy atom. The van der Waals surface area contributed by atoms with E-state index in [1.807, 2.05) is 51.1 Å². The van der Waals surface area contributed by atoms with E-state index in [2.05, 4.69) is 0 Å². The van der Waals surface area contributed by atoms with Gasteiger partial charge in [-0.1, -0.05) is 30.3 Å². The average Bonchev–Trinajstić information content (AvgIpc) is 2.25. The van der Waals surface area contributed by atoms with Gasteiger partial charge in [0.25, 0.3) is 0 Å². The first-order valence-electron chi connectivity index (χ1n) is 6.58. The topological polar surface area (TPSA) is 49.8 Å². The van der Waals surface area contributed by atoms with Gasteiger partial charge in [0.05, 0.1) is 6.10 Å². The first kappa shape index (κ1) is 13.9. The molecular weight excluding hydrogens is 242 g/mol. The molecule has 19 heavy (non-hydrogen) atoms. The standard InChI is InChI=1S/C15H21NO3/c1-15(2,3)19-14(18)16-9-12(10-16)13(17)11-7-5-4-6-8-11/h4-8,12-13,17H,9-10H2,1-3H3/t13-/m0/s1. The Bertz CT molecular complexity index is 432. The molecule has 0 bridgehead atoms. The molecule has 1 aliphatic heterocycles. The number of nitrogens with zero attached hydrogens (tertiary/aromatic N) is 1. The minimum Gasteiger partial charge on any atom is -0.444 e. The number of aliphatic hydroxyl groups is 1. The third kappa shape index (κ3) is 3.47. The fourth-order valence-corrected chi connectivity index (χ4v) is 2.11. The highest BCUT2D eigenvalue weighted by Gasteiger charge is 2.37. The van der Waals surface area contributed by atoms with E-state index in [9.17, 15) is 9.90 Å². The number of carbonyl (C=O) groups excluding carboxylic acids is 1. The van der Waals surface area contributed by atoms with Crippen LogP contribution in [-0.2, 0) is 4.74 Å². The number of hydrogen-bond donors (Lipinski definition) is 1. The molecule has 0 saturated carbocycles. The molecule has 1 fully saturated rings. The van der Waals surface area contributed by atoms with Crippen LogP contribution < -0.4 is 0 Å². The molecule has 0 spiro atoms. The molecule has 1 saturated heterocycles. The van der Waals surface area contributed by atoms with Crippen LogP contribution in [0.15, 0.2) is 30.3 Å². The number of hydrogen-bond acceptors (Lipinski definition) is 3. The monoisotopic (exact) mass is 263 g/mol. The van der Waals surface area contributed by atoms with Crippen molar-refractivity contribution in [3.8, 4) is 0 Å². The molecule has 1 amide bonds. The zero-order valence-electron chi connectivity index (χ0n) is 11.7. The quantitative estimate of drug-likeness (QED) is 0.892. The van der Waals surface area contributed by atoms with Crippen LogP contribution in [0.25, 0.3) is 0 Å². The van der Waals surface area contributed by atoms with Gasteiger partial charge in [0.15, 0.2) is 0 Å². The summed E-state index contributed by atoms with van der Waals surface area (Å²) in [5.74, 6) is 0.0925. The predicted octanol–water partition coefficient (Wildman–Crippen LogP) is 2.59. The maximum absolute atomic E-state index is 11.8. The number of likely N-dealkylation sites (tertiary alicyclic amines) is 1. The van der Waals surface area contributed by atoms with E-state index in [-0.39, 0.29) is 12.0 Å². The second-order valence-electron chi connectivity index (χ2n) is 6.00. The van der Waals surface area contributed by atoms with E-state index in [4.69, 9.17) is 4.74 Å². The third-order valence-corrected chi connectivity index (χ3v) is 3.15. The van der Waals surface area contributed by atoms with E-state index in [0.29, 0.717) is 13.1 Å². The van der Waals surface area contributed by atoms with Gasteiger partial charge in [0, 0.05) is 19.0 Å². The number of aliphatic hydroxyl groups excluding tert-OH is 1. The molecule has 0 aliphatic carbocycles. The first-order valence-corrected chi connectivity index (χ1v) is 6.58. The lowest BCUT2D eigenvalue weighted by atomic mass is 9.89. The molecular formula is C15H21NO3. The molecule has 104 valence electrons. The number of carbonyl (C=O) groups is 1. The number of ether oxygens (including phenoxy) is 1. The van der Waals surface area contributed by atoms with E-state index >= 15 is 0 Å². The molecule has 1 aromatic rings. The van der Waals surface area contributed by atoms with E-state index in [1.165, 1.54) is 0 Å². The molecule has 0 radical (unpaired) electrons. The maximum atomic E-state index is 11.8. The smallest absolute Gasteiger partial charge is 0.410 e.